The Bertz CT molecular complexity index is 347. The molecule has 0 aliphatic rings. The van der Waals surface area contributed by atoms with Crippen LogP contribution in [0.4, 0.5) is 0 Å². The number of nitrogens with zero attached hydrogens (tertiary/aromatic N) is 1. The Kier molecular flexibility index (Phi) is 4.81. The van der Waals surface area contributed by atoms with Gasteiger partial charge >= 0.3 is 0 Å². The van der Waals surface area contributed by atoms with Gasteiger partial charge in [-0.1, -0.05) is 29.8 Å². The number of hydrogen-bond acceptors (Lipinski definition) is 1. The van der Waals surface area contributed by atoms with Crippen molar-refractivity contribution in [2.24, 2.45) is 0 Å². The van der Waals surface area contributed by atoms with Crippen molar-refractivity contribution in [3.63, 3.8) is 0 Å². The quantitative estimate of drug-likeness (QED) is 0.740. The molecule has 0 N–H and O–H groups in total. The maximum Gasteiger partial charge on any atom is 0.227 e. The molecule has 0 saturated heterocycles. The fraction of sp³-hybridized carbons (Fsp3) is 0.462. The third-order valence-electron chi connectivity index (χ3n) is 2.75. The average Bonchev–Trinajstić information content (AvgIpc) is 2.30. The molecule has 1 aromatic carbocycles. The molecule has 0 aliphatic carbocycles. The van der Waals surface area contributed by atoms with E-state index in [2.05, 4.69) is 0 Å². The van der Waals surface area contributed by atoms with Gasteiger partial charge in [-0.3, -0.25) is 4.79 Å². The molecule has 0 aromatic heterocycles. The lowest BCUT2D eigenvalue weighted by Gasteiger charge is -2.23. The summed E-state index contributed by atoms with van der Waals surface area (Å²) in [7, 11) is 1.80. The van der Waals surface area contributed by atoms with Crippen molar-refractivity contribution < 1.29 is 4.79 Å². The van der Waals surface area contributed by atoms with E-state index in [4.69, 9.17) is 11.6 Å². The lowest BCUT2D eigenvalue weighted by atomic mass is 10.1. The summed E-state index contributed by atoms with van der Waals surface area (Å²) in [5.74, 6) is 0.577. The van der Waals surface area contributed by atoms with Crippen molar-refractivity contribution >= 4 is 17.5 Å². The number of carbonyl (C=O) groups is 1. The van der Waals surface area contributed by atoms with Gasteiger partial charge in [-0.2, -0.15) is 0 Å². The predicted octanol–water partition coefficient (Wildman–Crippen LogP) is 2.62. The zero-order valence-electron chi connectivity index (χ0n) is 10.0. The van der Waals surface area contributed by atoms with Crippen LogP contribution < -0.4 is 0 Å². The highest BCUT2D eigenvalue weighted by atomic mass is 35.5. The summed E-state index contributed by atoms with van der Waals surface area (Å²) in [6.45, 7) is 3.98. The zero-order chi connectivity index (χ0) is 12.1. The van der Waals surface area contributed by atoms with Gasteiger partial charge < -0.3 is 4.90 Å². The van der Waals surface area contributed by atoms with Crippen LogP contribution in [0.2, 0.25) is 0 Å². The molecule has 16 heavy (non-hydrogen) atoms. The highest BCUT2D eigenvalue weighted by Gasteiger charge is 2.14. The van der Waals surface area contributed by atoms with Crippen LogP contribution in [0.25, 0.3) is 0 Å². The van der Waals surface area contributed by atoms with Crippen molar-refractivity contribution in [3.05, 3.63) is 35.4 Å². The summed E-state index contributed by atoms with van der Waals surface area (Å²) < 4.78 is 0. The van der Waals surface area contributed by atoms with Gasteiger partial charge in [0.05, 0.1) is 6.42 Å². The third kappa shape index (κ3) is 3.53. The minimum Gasteiger partial charge on any atom is -0.342 e. The molecule has 1 unspecified atom stereocenters. The summed E-state index contributed by atoms with van der Waals surface area (Å²) in [6.07, 6.45) is 0.442. The van der Waals surface area contributed by atoms with Gasteiger partial charge in [0.25, 0.3) is 0 Å². The van der Waals surface area contributed by atoms with Crippen LogP contribution in [0, 0.1) is 6.92 Å². The standard InChI is InChI=1S/C13H18ClNO/c1-10-4-6-12(7-5-10)8-13(16)15(3)11(2)9-14/h4-7,11H,8-9H2,1-3H3. The van der Waals surface area contributed by atoms with E-state index in [1.165, 1.54) is 5.56 Å². The molecule has 0 fully saturated rings. The molecule has 0 aliphatic heterocycles. The van der Waals surface area contributed by atoms with E-state index >= 15 is 0 Å². The SMILES string of the molecule is Cc1ccc(CC(=O)N(C)C(C)CCl)cc1. The number of aryl methyl sites for hydroxylation is 1. The lowest BCUT2D eigenvalue weighted by molar-refractivity contribution is -0.130. The van der Waals surface area contributed by atoms with Crippen LogP contribution in [0.1, 0.15) is 18.1 Å². The van der Waals surface area contributed by atoms with Gasteiger partial charge in [-0.05, 0) is 19.4 Å². The number of halogens is 1. The molecular formula is C13H18ClNO. The van der Waals surface area contributed by atoms with Crippen molar-refractivity contribution in [2.45, 2.75) is 26.3 Å². The topological polar surface area (TPSA) is 20.3 Å². The van der Waals surface area contributed by atoms with Gasteiger partial charge in [0.15, 0.2) is 0 Å². The largest absolute Gasteiger partial charge is 0.342 e. The van der Waals surface area contributed by atoms with Crippen molar-refractivity contribution in [1.82, 2.24) is 4.90 Å². The van der Waals surface area contributed by atoms with Gasteiger partial charge in [-0.25, -0.2) is 0 Å². The van der Waals surface area contributed by atoms with E-state index in [1.54, 1.807) is 11.9 Å². The van der Waals surface area contributed by atoms with Crippen LogP contribution in [0.15, 0.2) is 24.3 Å². The molecule has 0 saturated carbocycles. The second-order valence-corrected chi connectivity index (χ2v) is 4.48. The Labute approximate surface area is 102 Å². The van der Waals surface area contributed by atoms with Crippen LogP contribution in [0.5, 0.6) is 0 Å². The number of benzene rings is 1. The normalized spacial score (nSPS) is 12.2. The third-order valence-corrected chi connectivity index (χ3v) is 3.20. The fourth-order valence-electron chi connectivity index (χ4n) is 1.35. The van der Waals surface area contributed by atoms with Crippen molar-refractivity contribution in [3.8, 4) is 0 Å². The Morgan fingerprint density at radius 3 is 2.44 bits per heavy atom. The summed E-state index contributed by atoms with van der Waals surface area (Å²) in [5.41, 5.74) is 2.25. The number of alkyl halides is 1. The molecular weight excluding hydrogens is 222 g/mol. The molecule has 1 amide bonds. The summed E-state index contributed by atoms with van der Waals surface area (Å²) >= 11 is 5.72. The van der Waals surface area contributed by atoms with E-state index in [9.17, 15) is 4.79 Å². The number of likely N-dealkylation sites (N-methyl/N-ethyl adjacent to an activating group) is 1. The smallest absolute Gasteiger partial charge is 0.227 e. The fourth-order valence-corrected chi connectivity index (χ4v) is 1.56. The molecule has 0 heterocycles. The Morgan fingerprint density at radius 2 is 1.94 bits per heavy atom. The molecule has 1 aromatic rings. The summed E-state index contributed by atoms with van der Waals surface area (Å²) in [5, 5.41) is 0. The minimum absolute atomic E-state index is 0.0830. The molecule has 1 rings (SSSR count). The molecule has 1 atom stereocenters. The predicted molar refractivity (Wildman–Crippen MR) is 67.8 cm³/mol. The van der Waals surface area contributed by atoms with Crippen molar-refractivity contribution in [1.29, 1.82) is 0 Å². The van der Waals surface area contributed by atoms with Crippen molar-refractivity contribution in [2.75, 3.05) is 12.9 Å². The molecule has 0 bridgehead atoms. The minimum atomic E-state index is 0.0830. The summed E-state index contributed by atoms with van der Waals surface area (Å²) in [4.78, 5) is 13.6. The van der Waals surface area contributed by atoms with Crippen LogP contribution in [0.3, 0.4) is 0 Å². The number of carbonyl (C=O) groups excluding carboxylic acids is 1. The number of amides is 1. The first-order chi connectivity index (χ1) is 7.54. The summed E-state index contributed by atoms with van der Waals surface area (Å²) in [6, 6.07) is 8.11. The van der Waals surface area contributed by atoms with E-state index in [1.807, 2.05) is 38.1 Å². The van der Waals surface area contributed by atoms with E-state index < -0.39 is 0 Å². The van der Waals surface area contributed by atoms with E-state index in [0.717, 1.165) is 5.56 Å². The first-order valence-electron chi connectivity index (χ1n) is 5.41. The van der Waals surface area contributed by atoms with Gasteiger partial charge in [0, 0.05) is 19.0 Å². The maximum absolute atomic E-state index is 11.9. The Morgan fingerprint density at radius 1 is 1.38 bits per heavy atom. The lowest BCUT2D eigenvalue weighted by Crippen LogP contribution is -2.37. The second kappa shape index (κ2) is 5.90. The van der Waals surface area contributed by atoms with Crippen LogP contribution >= 0.6 is 11.6 Å². The van der Waals surface area contributed by atoms with E-state index in [0.29, 0.717) is 12.3 Å². The second-order valence-electron chi connectivity index (χ2n) is 4.17. The van der Waals surface area contributed by atoms with Crippen LogP contribution in [-0.4, -0.2) is 29.8 Å². The highest BCUT2D eigenvalue weighted by molar-refractivity contribution is 6.18. The highest BCUT2D eigenvalue weighted by Crippen LogP contribution is 2.07. The number of hydrogen-bond donors (Lipinski definition) is 0. The van der Waals surface area contributed by atoms with Crippen LogP contribution in [-0.2, 0) is 11.2 Å². The van der Waals surface area contributed by atoms with E-state index in [-0.39, 0.29) is 11.9 Å². The first-order valence-corrected chi connectivity index (χ1v) is 5.95. The molecule has 3 heteroatoms. The monoisotopic (exact) mass is 239 g/mol. The Balaban J connectivity index is 2.60. The molecule has 88 valence electrons. The molecule has 0 spiro atoms. The maximum atomic E-state index is 11.9. The molecule has 2 nitrogen and oxygen atoms in total. The average molecular weight is 240 g/mol. The molecule has 0 radical (unpaired) electrons. The zero-order valence-corrected chi connectivity index (χ0v) is 10.8. The van der Waals surface area contributed by atoms with Gasteiger partial charge in [0.2, 0.25) is 5.91 Å². The first kappa shape index (κ1) is 13.0. The Hall–Kier alpha value is -1.02. The number of rotatable bonds is 4. The van der Waals surface area contributed by atoms with Gasteiger partial charge in [-0.15, -0.1) is 11.6 Å². The van der Waals surface area contributed by atoms with Gasteiger partial charge in [0.1, 0.15) is 0 Å².